The van der Waals surface area contributed by atoms with Gasteiger partial charge in [0.05, 0.1) is 17.9 Å². The summed E-state index contributed by atoms with van der Waals surface area (Å²) in [7, 11) is 0. The second-order valence-corrected chi connectivity index (χ2v) is 3.43. The molecule has 0 unspecified atom stereocenters. The number of rotatable bonds is 2. The third-order valence-electron chi connectivity index (χ3n) is 2.42. The molecule has 4 nitrogen and oxygen atoms in total. The van der Waals surface area contributed by atoms with Crippen molar-refractivity contribution in [3.8, 4) is 0 Å². The maximum absolute atomic E-state index is 11.4. The molecule has 1 aromatic carbocycles. The van der Waals surface area contributed by atoms with E-state index in [1.807, 2.05) is 29.2 Å². The molecule has 1 heterocycles. The number of anilines is 2. The highest BCUT2D eigenvalue weighted by molar-refractivity contribution is 5.96. The minimum atomic E-state index is -0.00384. The third-order valence-corrected chi connectivity index (χ3v) is 2.42. The van der Waals surface area contributed by atoms with Gasteiger partial charge in [0.25, 0.3) is 0 Å². The molecule has 1 aliphatic heterocycles. The number of carbonyl (C=O) groups excluding carboxylic acids is 2. The molecule has 1 amide bonds. The Morgan fingerprint density at radius 2 is 2.20 bits per heavy atom. The van der Waals surface area contributed by atoms with Crippen molar-refractivity contribution < 1.29 is 9.59 Å². The van der Waals surface area contributed by atoms with E-state index in [9.17, 15) is 9.59 Å². The van der Waals surface area contributed by atoms with Crippen LogP contribution < -0.4 is 10.2 Å². The van der Waals surface area contributed by atoms with Gasteiger partial charge in [0.2, 0.25) is 5.91 Å². The van der Waals surface area contributed by atoms with Crippen LogP contribution in [-0.2, 0) is 9.59 Å². The molecule has 0 spiro atoms. The fraction of sp³-hybridized carbons (Fsp3) is 0.273. The molecular weight excluding hydrogens is 192 g/mol. The lowest BCUT2D eigenvalue weighted by atomic mass is 10.2. The Balaban J connectivity index is 2.37. The van der Waals surface area contributed by atoms with Crippen LogP contribution in [-0.4, -0.2) is 25.3 Å². The highest BCUT2D eigenvalue weighted by Crippen LogP contribution is 2.27. The average molecular weight is 204 g/mol. The van der Waals surface area contributed by atoms with E-state index in [2.05, 4.69) is 5.32 Å². The Hall–Kier alpha value is -1.84. The molecule has 1 aliphatic rings. The van der Waals surface area contributed by atoms with Gasteiger partial charge in [0.15, 0.2) is 0 Å². The summed E-state index contributed by atoms with van der Waals surface area (Å²) in [6.07, 6.45) is 1.27. The minimum absolute atomic E-state index is 0.00384. The smallest absolute Gasteiger partial charge is 0.226 e. The summed E-state index contributed by atoms with van der Waals surface area (Å²) in [5.74, 6) is -0.00384. The maximum Gasteiger partial charge on any atom is 0.226 e. The van der Waals surface area contributed by atoms with Crippen LogP contribution in [0.3, 0.4) is 0 Å². The van der Waals surface area contributed by atoms with Gasteiger partial charge in [-0.15, -0.1) is 0 Å². The number of amides is 1. The SMILES string of the molecule is O=CCN1CCC(=O)Nc2ccccc21. The number of nitrogens with one attached hydrogen (secondary N) is 1. The number of benzene rings is 1. The van der Waals surface area contributed by atoms with Crippen molar-refractivity contribution in [3.05, 3.63) is 24.3 Å². The van der Waals surface area contributed by atoms with Gasteiger partial charge < -0.3 is 15.0 Å². The van der Waals surface area contributed by atoms with Gasteiger partial charge in [-0.2, -0.15) is 0 Å². The summed E-state index contributed by atoms with van der Waals surface area (Å²) in [6, 6.07) is 7.51. The van der Waals surface area contributed by atoms with Gasteiger partial charge in [0, 0.05) is 13.0 Å². The third kappa shape index (κ3) is 1.98. The molecule has 0 aliphatic carbocycles. The first-order valence-corrected chi connectivity index (χ1v) is 4.89. The lowest BCUT2D eigenvalue weighted by Crippen LogP contribution is -2.26. The largest absolute Gasteiger partial charge is 0.362 e. The van der Waals surface area contributed by atoms with Crippen LogP contribution in [0, 0.1) is 0 Å². The van der Waals surface area contributed by atoms with Crippen molar-refractivity contribution in [2.24, 2.45) is 0 Å². The number of hydrogen-bond donors (Lipinski definition) is 1. The van der Waals surface area contributed by atoms with E-state index in [0.717, 1.165) is 17.7 Å². The summed E-state index contributed by atoms with van der Waals surface area (Å²) in [4.78, 5) is 23.8. The molecule has 0 atom stereocenters. The summed E-state index contributed by atoms with van der Waals surface area (Å²) < 4.78 is 0. The number of para-hydroxylation sites is 2. The summed E-state index contributed by atoms with van der Waals surface area (Å²) >= 11 is 0. The zero-order valence-electron chi connectivity index (χ0n) is 8.27. The van der Waals surface area contributed by atoms with E-state index in [1.54, 1.807) is 0 Å². The van der Waals surface area contributed by atoms with E-state index in [1.165, 1.54) is 0 Å². The van der Waals surface area contributed by atoms with Crippen LogP contribution in [0.5, 0.6) is 0 Å². The number of hydrogen-bond acceptors (Lipinski definition) is 3. The molecular formula is C11H12N2O2. The Morgan fingerprint density at radius 1 is 1.40 bits per heavy atom. The number of carbonyl (C=O) groups is 2. The van der Waals surface area contributed by atoms with Gasteiger partial charge in [-0.25, -0.2) is 0 Å². The lowest BCUT2D eigenvalue weighted by Gasteiger charge is -2.20. The lowest BCUT2D eigenvalue weighted by molar-refractivity contribution is -0.116. The van der Waals surface area contributed by atoms with Gasteiger partial charge in [-0.3, -0.25) is 4.79 Å². The van der Waals surface area contributed by atoms with Gasteiger partial charge in [0.1, 0.15) is 6.29 Å². The Labute approximate surface area is 87.9 Å². The topological polar surface area (TPSA) is 49.4 Å². The zero-order chi connectivity index (χ0) is 10.7. The fourth-order valence-electron chi connectivity index (χ4n) is 1.70. The van der Waals surface area contributed by atoms with E-state index in [4.69, 9.17) is 0 Å². The molecule has 0 fully saturated rings. The highest BCUT2D eigenvalue weighted by Gasteiger charge is 2.17. The minimum Gasteiger partial charge on any atom is -0.362 e. The van der Waals surface area contributed by atoms with Crippen LogP contribution in [0.25, 0.3) is 0 Å². The van der Waals surface area contributed by atoms with Crippen LogP contribution in [0.15, 0.2) is 24.3 Å². The van der Waals surface area contributed by atoms with Crippen LogP contribution in [0.2, 0.25) is 0 Å². The van der Waals surface area contributed by atoms with Crippen LogP contribution in [0.4, 0.5) is 11.4 Å². The molecule has 78 valence electrons. The summed E-state index contributed by atoms with van der Waals surface area (Å²) in [5.41, 5.74) is 1.69. The van der Waals surface area contributed by atoms with Crippen LogP contribution >= 0.6 is 0 Å². The van der Waals surface area contributed by atoms with Crippen molar-refractivity contribution in [2.45, 2.75) is 6.42 Å². The quantitative estimate of drug-likeness (QED) is 0.732. The number of nitrogens with zero attached hydrogens (tertiary/aromatic N) is 1. The number of aldehydes is 1. The predicted molar refractivity (Wildman–Crippen MR) is 58.0 cm³/mol. The predicted octanol–water partition coefficient (Wildman–Crippen LogP) is 1.03. The second kappa shape index (κ2) is 4.13. The fourth-order valence-corrected chi connectivity index (χ4v) is 1.70. The number of fused-ring (bicyclic) bond motifs is 1. The Bertz CT molecular complexity index is 390. The molecule has 0 radical (unpaired) electrons. The molecule has 0 aromatic heterocycles. The maximum atomic E-state index is 11.4. The standard InChI is InChI=1S/C11H12N2O2/c14-8-7-13-6-5-11(15)12-9-3-1-2-4-10(9)13/h1-4,8H,5-7H2,(H,12,15). The van der Waals surface area contributed by atoms with Gasteiger partial charge >= 0.3 is 0 Å². The molecule has 0 bridgehead atoms. The summed E-state index contributed by atoms with van der Waals surface area (Å²) in [6.45, 7) is 0.910. The molecule has 0 saturated heterocycles. The molecule has 4 heteroatoms. The van der Waals surface area contributed by atoms with Gasteiger partial charge in [-0.1, -0.05) is 12.1 Å². The zero-order valence-corrected chi connectivity index (χ0v) is 8.27. The molecule has 0 saturated carbocycles. The average Bonchev–Trinajstić information content (AvgIpc) is 2.39. The second-order valence-electron chi connectivity index (χ2n) is 3.43. The Morgan fingerprint density at radius 3 is 3.00 bits per heavy atom. The summed E-state index contributed by atoms with van der Waals surface area (Å²) in [5, 5.41) is 2.81. The van der Waals surface area contributed by atoms with E-state index < -0.39 is 0 Å². The first kappa shape index (κ1) is 9.71. The van der Waals surface area contributed by atoms with E-state index >= 15 is 0 Å². The normalized spacial score (nSPS) is 15.2. The molecule has 1 N–H and O–H groups in total. The van der Waals surface area contributed by atoms with Crippen molar-refractivity contribution >= 4 is 23.6 Å². The molecule has 15 heavy (non-hydrogen) atoms. The first-order chi connectivity index (χ1) is 7.31. The van der Waals surface area contributed by atoms with Crippen molar-refractivity contribution in [3.63, 3.8) is 0 Å². The Kier molecular flexibility index (Phi) is 2.67. The highest BCUT2D eigenvalue weighted by atomic mass is 16.1. The van der Waals surface area contributed by atoms with Gasteiger partial charge in [-0.05, 0) is 12.1 Å². The van der Waals surface area contributed by atoms with Crippen molar-refractivity contribution in [1.29, 1.82) is 0 Å². The molecule has 2 rings (SSSR count). The van der Waals surface area contributed by atoms with Crippen LogP contribution in [0.1, 0.15) is 6.42 Å². The van der Waals surface area contributed by atoms with Crippen molar-refractivity contribution in [1.82, 2.24) is 0 Å². The first-order valence-electron chi connectivity index (χ1n) is 4.89. The van der Waals surface area contributed by atoms with Crippen molar-refractivity contribution in [2.75, 3.05) is 23.3 Å². The molecule has 1 aromatic rings. The van der Waals surface area contributed by atoms with E-state index in [-0.39, 0.29) is 5.91 Å². The van der Waals surface area contributed by atoms with E-state index in [0.29, 0.717) is 19.5 Å². The monoisotopic (exact) mass is 204 g/mol.